The zero-order chi connectivity index (χ0) is 16.0. The van der Waals surface area contributed by atoms with Crippen LogP contribution in [0, 0.1) is 0 Å². The molecule has 0 spiro atoms. The lowest BCUT2D eigenvalue weighted by Crippen LogP contribution is -2.41. The van der Waals surface area contributed by atoms with E-state index in [-0.39, 0.29) is 0 Å². The van der Waals surface area contributed by atoms with Crippen molar-refractivity contribution in [1.82, 2.24) is 10.2 Å². The average molecular weight is 304 g/mol. The van der Waals surface area contributed by atoms with Crippen molar-refractivity contribution < 1.29 is 18.1 Å². The second-order valence-corrected chi connectivity index (χ2v) is 6.30. The van der Waals surface area contributed by atoms with Gasteiger partial charge >= 0.3 is 7.12 Å². The molecule has 2 aromatic heterocycles. The van der Waals surface area contributed by atoms with Crippen LogP contribution >= 0.6 is 0 Å². The highest BCUT2D eigenvalue weighted by molar-refractivity contribution is 6.54. The van der Waals surface area contributed by atoms with Crippen LogP contribution in [0.3, 0.4) is 0 Å². The van der Waals surface area contributed by atoms with E-state index in [0.29, 0.717) is 17.0 Å². The van der Waals surface area contributed by atoms with Gasteiger partial charge in [0.25, 0.3) is 0 Å². The minimum Gasteiger partial charge on any atom is -0.463 e. The summed E-state index contributed by atoms with van der Waals surface area (Å²) in [7, 11) is -1.02. The Hall–Kier alpha value is -1.86. The van der Waals surface area contributed by atoms with Crippen molar-refractivity contribution in [3.63, 3.8) is 0 Å². The molecule has 0 unspecified atom stereocenters. The van der Waals surface area contributed by atoms with E-state index in [2.05, 4.69) is 10.2 Å². The Bertz CT molecular complexity index is 675. The van der Waals surface area contributed by atoms with Gasteiger partial charge in [-0.2, -0.15) is 5.10 Å². The Kier molecular flexibility index (Phi) is 3.49. The van der Waals surface area contributed by atoms with Crippen LogP contribution in [0.1, 0.15) is 33.3 Å². The zero-order valence-corrected chi connectivity index (χ0v) is 13.0. The van der Waals surface area contributed by atoms with Gasteiger partial charge in [-0.05, 0) is 45.9 Å². The lowest BCUT2D eigenvalue weighted by atomic mass is 9.87. The van der Waals surface area contributed by atoms with Crippen LogP contribution in [-0.4, -0.2) is 28.5 Å². The Labute approximate surface area is 128 Å². The molecule has 1 aliphatic rings. The highest BCUT2D eigenvalue weighted by atomic mass is 19.1. The summed E-state index contributed by atoms with van der Waals surface area (Å²) in [5, 5.41) is 6.74. The smallest absolute Gasteiger partial charge is 0.463 e. The van der Waals surface area contributed by atoms with Crippen LogP contribution in [0.2, 0.25) is 0 Å². The second-order valence-electron chi connectivity index (χ2n) is 6.30. The quantitative estimate of drug-likeness (QED) is 0.880. The summed E-state index contributed by atoms with van der Waals surface area (Å²) in [6.45, 7) is 7.53. The van der Waals surface area contributed by atoms with Gasteiger partial charge in [0.2, 0.25) is 0 Å². The van der Waals surface area contributed by atoms with Crippen molar-refractivity contribution in [2.24, 2.45) is 0 Å². The first-order chi connectivity index (χ1) is 10.3. The van der Waals surface area contributed by atoms with E-state index in [1.807, 2.05) is 27.7 Å². The normalized spacial score (nSPS) is 20.6. The summed E-state index contributed by atoms with van der Waals surface area (Å²) in [5.41, 5.74) is -0.488. The van der Waals surface area contributed by atoms with Crippen molar-refractivity contribution >= 4 is 13.2 Å². The number of aromatic amines is 1. The molecular weight excluding hydrogens is 286 g/mol. The third kappa shape index (κ3) is 2.50. The number of H-pyrrole nitrogens is 1. The van der Waals surface area contributed by atoms with E-state index in [1.165, 1.54) is 12.3 Å². The van der Waals surface area contributed by atoms with Crippen molar-refractivity contribution in [2.75, 3.05) is 0 Å². The summed E-state index contributed by atoms with van der Waals surface area (Å²) < 4.78 is 31.2. The molecule has 5 nitrogen and oxygen atoms in total. The molecule has 0 amide bonds. The Morgan fingerprint density at radius 2 is 1.95 bits per heavy atom. The zero-order valence-electron chi connectivity index (χ0n) is 13.0. The number of rotatable bonds is 3. The van der Waals surface area contributed by atoms with Crippen molar-refractivity contribution in [3.05, 3.63) is 35.9 Å². The molecule has 0 aliphatic carbocycles. The lowest BCUT2D eigenvalue weighted by molar-refractivity contribution is 0.00578. The maximum atomic E-state index is 14.5. The summed E-state index contributed by atoms with van der Waals surface area (Å²) in [4.78, 5) is 0. The number of nitrogens with zero attached hydrogens (tertiary/aromatic N) is 1. The van der Waals surface area contributed by atoms with Crippen LogP contribution < -0.4 is 0 Å². The minimum atomic E-state index is -1.02. The number of hydrogen-bond donors (Lipinski definition) is 1. The molecule has 1 aliphatic heterocycles. The van der Waals surface area contributed by atoms with E-state index in [9.17, 15) is 4.39 Å². The molecule has 0 aromatic carbocycles. The first kappa shape index (κ1) is 15.1. The second kappa shape index (κ2) is 5.10. The molecule has 1 fully saturated rings. The Balaban J connectivity index is 1.87. The number of nitrogens with one attached hydrogen (secondary N) is 1. The van der Waals surface area contributed by atoms with E-state index in [1.54, 1.807) is 18.4 Å². The number of hydrogen-bond acceptors (Lipinski definition) is 4. The fraction of sp³-hybridized carbons (Fsp3) is 0.400. The molecule has 22 heavy (non-hydrogen) atoms. The summed E-state index contributed by atoms with van der Waals surface area (Å²) >= 11 is 0. The van der Waals surface area contributed by atoms with Gasteiger partial charge in [-0.25, -0.2) is 4.39 Å². The largest absolute Gasteiger partial charge is 0.525 e. The van der Waals surface area contributed by atoms with Crippen molar-refractivity contribution in [3.8, 4) is 11.5 Å². The van der Waals surface area contributed by atoms with Crippen LogP contribution in [0.25, 0.3) is 17.5 Å². The van der Waals surface area contributed by atoms with Gasteiger partial charge in [0, 0.05) is 5.56 Å². The van der Waals surface area contributed by atoms with Crippen LogP contribution in [0.4, 0.5) is 4.39 Å². The number of furan rings is 1. The van der Waals surface area contributed by atoms with Gasteiger partial charge in [0.15, 0.2) is 5.76 Å². The van der Waals surface area contributed by atoms with Gasteiger partial charge in [0.1, 0.15) is 11.4 Å². The third-order valence-corrected chi connectivity index (χ3v) is 4.21. The molecule has 0 bridgehead atoms. The Morgan fingerprint density at radius 3 is 2.55 bits per heavy atom. The Morgan fingerprint density at radius 1 is 1.27 bits per heavy atom. The lowest BCUT2D eigenvalue weighted by Gasteiger charge is -2.32. The first-order valence-corrected chi connectivity index (χ1v) is 7.10. The van der Waals surface area contributed by atoms with Gasteiger partial charge in [-0.1, -0.05) is 0 Å². The van der Waals surface area contributed by atoms with Crippen molar-refractivity contribution in [1.29, 1.82) is 0 Å². The number of aromatic nitrogens is 2. The first-order valence-electron chi connectivity index (χ1n) is 7.10. The molecule has 2 aromatic rings. The predicted molar refractivity (Wildman–Crippen MR) is 81.5 cm³/mol. The molecule has 7 heteroatoms. The maximum Gasteiger partial charge on any atom is 0.525 e. The minimum absolute atomic E-state index is 0.507. The molecule has 3 heterocycles. The highest BCUT2D eigenvalue weighted by Gasteiger charge is 2.53. The van der Waals surface area contributed by atoms with Gasteiger partial charge in [-0.3, -0.25) is 5.10 Å². The monoisotopic (exact) mass is 304 g/mol. The summed E-state index contributed by atoms with van der Waals surface area (Å²) in [6, 6.07) is 3.53. The van der Waals surface area contributed by atoms with Gasteiger partial charge in [-0.15, -0.1) is 0 Å². The predicted octanol–water partition coefficient (Wildman–Crippen LogP) is 3.61. The SMILES string of the molecule is CC1(C)OB(C(F)=Cc2cn[nH]c2-c2ccco2)OC1(C)C. The average Bonchev–Trinajstić information content (AvgIpc) is 3.09. The van der Waals surface area contributed by atoms with Gasteiger partial charge < -0.3 is 13.7 Å². The van der Waals surface area contributed by atoms with Crippen LogP contribution in [-0.2, 0) is 9.31 Å². The van der Waals surface area contributed by atoms with E-state index >= 15 is 0 Å². The van der Waals surface area contributed by atoms with E-state index in [0.717, 1.165) is 0 Å². The standard InChI is InChI=1S/C15H18BFN2O3/c1-14(2)15(3,4)22-16(21-14)12(17)8-10-9-18-19-13(10)11-6-5-7-20-11/h5-9H,1-4H3,(H,18,19). The van der Waals surface area contributed by atoms with Crippen molar-refractivity contribution in [2.45, 2.75) is 38.9 Å². The third-order valence-electron chi connectivity index (χ3n) is 4.21. The molecule has 0 atom stereocenters. The fourth-order valence-electron chi connectivity index (χ4n) is 2.20. The molecule has 116 valence electrons. The molecule has 1 saturated heterocycles. The van der Waals surface area contributed by atoms with Crippen LogP contribution in [0.15, 0.2) is 34.7 Å². The number of halogens is 1. The molecule has 0 saturated carbocycles. The van der Waals surface area contributed by atoms with Crippen LogP contribution in [0.5, 0.6) is 0 Å². The summed E-state index contributed by atoms with van der Waals surface area (Å²) in [6.07, 6.45) is 4.43. The highest BCUT2D eigenvalue weighted by Crippen LogP contribution is 2.39. The van der Waals surface area contributed by atoms with Gasteiger partial charge in [0.05, 0.1) is 23.7 Å². The summed E-state index contributed by atoms with van der Waals surface area (Å²) in [5.74, 6) is 0.588. The molecule has 3 rings (SSSR count). The van der Waals surface area contributed by atoms with E-state index < -0.39 is 24.0 Å². The topological polar surface area (TPSA) is 60.3 Å². The molecule has 0 radical (unpaired) electrons. The fourth-order valence-corrected chi connectivity index (χ4v) is 2.20. The molecular formula is C15H18BFN2O3. The molecule has 1 N–H and O–H groups in total. The maximum absolute atomic E-state index is 14.5. The van der Waals surface area contributed by atoms with E-state index in [4.69, 9.17) is 13.7 Å².